The van der Waals surface area contributed by atoms with Gasteiger partial charge in [0.15, 0.2) is 0 Å². The Kier molecular flexibility index (Phi) is 4.04. The van der Waals surface area contributed by atoms with Crippen LogP contribution >= 0.6 is 39.5 Å². The minimum absolute atomic E-state index is 0.0613. The lowest BCUT2D eigenvalue weighted by Crippen LogP contribution is -2.68. The molecule has 0 aliphatic carbocycles. The second-order valence-electron chi connectivity index (χ2n) is 4.55. The lowest BCUT2D eigenvalue weighted by molar-refractivity contribution is -0.147. The molecule has 0 unspecified atom stereocenters. The SMILES string of the molecule is N[C@@H]1C(=O)N2C(C(=O)O)=C(Sc3ccccc3Br)CS[C@@H]12. The molecule has 2 aliphatic rings. The number of rotatable bonds is 3. The van der Waals surface area contributed by atoms with Crippen LogP contribution in [0.3, 0.4) is 0 Å². The molecule has 0 spiro atoms. The molecule has 2 aliphatic heterocycles. The molecule has 1 aromatic carbocycles. The van der Waals surface area contributed by atoms with Gasteiger partial charge in [0.2, 0.25) is 5.91 Å². The summed E-state index contributed by atoms with van der Waals surface area (Å²) >= 11 is 6.31. The van der Waals surface area contributed by atoms with E-state index in [-0.39, 0.29) is 17.0 Å². The quantitative estimate of drug-likeness (QED) is 0.773. The van der Waals surface area contributed by atoms with E-state index < -0.39 is 12.0 Å². The molecule has 2 atom stereocenters. The summed E-state index contributed by atoms with van der Waals surface area (Å²) in [6, 6.07) is 6.98. The number of carboxylic acids is 1. The highest BCUT2D eigenvalue weighted by Crippen LogP contribution is 2.45. The van der Waals surface area contributed by atoms with E-state index in [1.165, 1.54) is 28.4 Å². The third-order valence-electron chi connectivity index (χ3n) is 3.25. The van der Waals surface area contributed by atoms with Crippen LogP contribution in [0.2, 0.25) is 0 Å². The van der Waals surface area contributed by atoms with Gasteiger partial charge in [-0.1, -0.05) is 23.9 Å². The van der Waals surface area contributed by atoms with Crippen molar-refractivity contribution in [3.63, 3.8) is 0 Å². The first-order valence-corrected chi connectivity index (χ1v) is 8.75. The molecule has 1 amide bonds. The molecule has 0 saturated carbocycles. The number of carboxylic acid groups (broad SMARTS) is 1. The van der Waals surface area contributed by atoms with Crippen LogP contribution in [0.4, 0.5) is 0 Å². The van der Waals surface area contributed by atoms with Crippen molar-refractivity contribution in [3.8, 4) is 0 Å². The van der Waals surface area contributed by atoms with Crippen molar-refractivity contribution in [3.05, 3.63) is 39.3 Å². The third kappa shape index (κ3) is 2.50. The van der Waals surface area contributed by atoms with Gasteiger partial charge in [-0.2, -0.15) is 0 Å². The van der Waals surface area contributed by atoms with Gasteiger partial charge < -0.3 is 10.8 Å². The number of halogens is 1. The lowest BCUT2D eigenvalue weighted by atomic mass is 10.1. The van der Waals surface area contributed by atoms with Crippen LogP contribution in [0.5, 0.6) is 0 Å². The van der Waals surface area contributed by atoms with Gasteiger partial charge in [0, 0.05) is 20.0 Å². The van der Waals surface area contributed by atoms with Gasteiger partial charge in [0.25, 0.3) is 0 Å². The Morgan fingerprint density at radius 3 is 2.86 bits per heavy atom. The minimum atomic E-state index is -1.09. The van der Waals surface area contributed by atoms with E-state index >= 15 is 0 Å². The summed E-state index contributed by atoms with van der Waals surface area (Å²) in [5.74, 6) is -0.875. The minimum Gasteiger partial charge on any atom is -0.477 e. The number of hydrogen-bond donors (Lipinski definition) is 2. The molecule has 1 fully saturated rings. The summed E-state index contributed by atoms with van der Waals surface area (Å²) in [6.07, 6.45) is 0. The van der Waals surface area contributed by atoms with Gasteiger partial charge in [-0.15, -0.1) is 11.8 Å². The number of carbonyl (C=O) groups is 2. The molecule has 3 N–H and O–H groups in total. The normalized spacial score (nSPS) is 24.7. The third-order valence-corrected chi connectivity index (χ3v) is 6.84. The van der Waals surface area contributed by atoms with E-state index in [2.05, 4.69) is 15.9 Å². The zero-order valence-corrected chi connectivity index (χ0v) is 13.9. The van der Waals surface area contributed by atoms with E-state index in [1.807, 2.05) is 24.3 Å². The molecule has 5 nitrogen and oxygen atoms in total. The Bertz CT molecular complexity index is 665. The number of nitrogens with zero attached hydrogens (tertiary/aromatic N) is 1. The molecule has 0 bridgehead atoms. The Labute approximate surface area is 138 Å². The molecule has 110 valence electrons. The second kappa shape index (κ2) is 5.68. The van der Waals surface area contributed by atoms with Crippen molar-refractivity contribution >= 4 is 51.3 Å². The number of thioether (sulfide) groups is 2. The fraction of sp³-hybridized carbons (Fsp3) is 0.231. The van der Waals surface area contributed by atoms with Gasteiger partial charge in [-0.25, -0.2) is 4.79 Å². The molecule has 21 heavy (non-hydrogen) atoms. The Hall–Kier alpha value is -0.960. The average Bonchev–Trinajstić information content (AvgIpc) is 2.48. The summed E-state index contributed by atoms with van der Waals surface area (Å²) in [5.41, 5.74) is 5.78. The van der Waals surface area contributed by atoms with Crippen molar-refractivity contribution in [2.24, 2.45) is 5.73 Å². The van der Waals surface area contributed by atoms with Crippen LogP contribution in [-0.2, 0) is 9.59 Å². The fourth-order valence-corrected chi connectivity index (χ4v) is 5.19. The molecule has 0 radical (unpaired) electrons. The molecule has 1 aromatic rings. The maximum absolute atomic E-state index is 11.8. The van der Waals surface area contributed by atoms with Crippen LogP contribution in [0, 0.1) is 0 Å². The Morgan fingerprint density at radius 1 is 1.48 bits per heavy atom. The maximum Gasteiger partial charge on any atom is 0.353 e. The summed E-state index contributed by atoms with van der Waals surface area (Å²) in [5, 5.41) is 9.20. The van der Waals surface area contributed by atoms with Crippen molar-refractivity contribution < 1.29 is 14.7 Å². The Morgan fingerprint density at radius 2 is 2.19 bits per heavy atom. The predicted octanol–water partition coefficient (Wildman–Crippen LogP) is 2.08. The Balaban J connectivity index is 1.97. The number of fused-ring (bicyclic) bond motifs is 1. The zero-order valence-electron chi connectivity index (χ0n) is 10.7. The topological polar surface area (TPSA) is 83.6 Å². The van der Waals surface area contributed by atoms with E-state index in [9.17, 15) is 14.7 Å². The fourth-order valence-electron chi connectivity index (χ4n) is 2.23. The second-order valence-corrected chi connectivity index (χ2v) is 7.64. The molecule has 0 aromatic heterocycles. The van der Waals surface area contributed by atoms with Crippen LogP contribution in [0.1, 0.15) is 0 Å². The van der Waals surface area contributed by atoms with Gasteiger partial charge in [-0.3, -0.25) is 9.69 Å². The number of amides is 1. The molecular weight excluding hydrogens is 376 g/mol. The first-order chi connectivity index (χ1) is 10.0. The number of nitrogens with two attached hydrogens (primary N) is 1. The van der Waals surface area contributed by atoms with Gasteiger partial charge in [0.1, 0.15) is 17.1 Å². The summed E-state index contributed by atoms with van der Waals surface area (Å²) in [4.78, 5) is 26.3. The van der Waals surface area contributed by atoms with Crippen molar-refractivity contribution in [1.29, 1.82) is 0 Å². The van der Waals surface area contributed by atoms with E-state index in [1.54, 1.807) is 0 Å². The highest BCUT2D eigenvalue weighted by molar-refractivity contribution is 9.10. The number of β-lactam (4-membered cyclic amide) rings is 1. The number of hydrogen-bond acceptors (Lipinski definition) is 5. The van der Waals surface area contributed by atoms with Gasteiger partial charge >= 0.3 is 5.97 Å². The first-order valence-electron chi connectivity index (χ1n) is 6.10. The summed E-state index contributed by atoms with van der Waals surface area (Å²) in [7, 11) is 0. The summed E-state index contributed by atoms with van der Waals surface area (Å²) in [6.45, 7) is 0. The number of aliphatic carboxylic acids is 1. The lowest BCUT2D eigenvalue weighted by Gasteiger charge is -2.47. The standard InChI is InChI=1S/C13H11BrN2O3S2/c14-6-3-1-2-4-7(6)21-8-5-20-12-9(15)11(17)16(12)10(8)13(18)19/h1-4,9,12H,5,15H2,(H,18,19)/t9-,12+/m1/s1. The van der Waals surface area contributed by atoms with Crippen molar-refractivity contribution in [2.75, 3.05) is 5.75 Å². The largest absolute Gasteiger partial charge is 0.477 e. The average molecular weight is 387 g/mol. The monoisotopic (exact) mass is 386 g/mol. The van der Waals surface area contributed by atoms with Crippen molar-refractivity contribution in [1.82, 2.24) is 4.90 Å². The van der Waals surface area contributed by atoms with Gasteiger partial charge in [0.05, 0.1) is 0 Å². The zero-order chi connectivity index (χ0) is 15.1. The van der Waals surface area contributed by atoms with Crippen LogP contribution in [0.15, 0.2) is 44.2 Å². The van der Waals surface area contributed by atoms with E-state index in [0.717, 1.165) is 9.37 Å². The first kappa shape index (κ1) is 15.0. The highest BCUT2D eigenvalue weighted by atomic mass is 79.9. The molecule has 8 heteroatoms. The van der Waals surface area contributed by atoms with E-state index in [4.69, 9.17) is 5.73 Å². The number of carbonyl (C=O) groups excluding carboxylic acids is 1. The van der Waals surface area contributed by atoms with Crippen LogP contribution in [-0.4, -0.2) is 39.1 Å². The molecule has 3 rings (SSSR count). The van der Waals surface area contributed by atoms with Crippen molar-refractivity contribution in [2.45, 2.75) is 16.3 Å². The van der Waals surface area contributed by atoms with Crippen LogP contribution < -0.4 is 5.73 Å². The van der Waals surface area contributed by atoms with Gasteiger partial charge in [-0.05, 0) is 28.1 Å². The summed E-state index contributed by atoms with van der Waals surface area (Å²) < 4.78 is 0.894. The number of benzene rings is 1. The highest BCUT2D eigenvalue weighted by Gasteiger charge is 2.51. The molecular formula is C13H11BrN2O3S2. The smallest absolute Gasteiger partial charge is 0.353 e. The predicted molar refractivity (Wildman–Crippen MR) is 85.7 cm³/mol. The van der Waals surface area contributed by atoms with Crippen LogP contribution in [0.25, 0.3) is 0 Å². The van der Waals surface area contributed by atoms with E-state index in [0.29, 0.717) is 10.7 Å². The molecule has 1 saturated heterocycles. The molecule has 2 heterocycles. The maximum atomic E-state index is 11.8.